The minimum Gasteiger partial charge on any atom is -0.409 e. The van der Waals surface area contributed by atoms with E-state index in [0.717, 1.165) is 19.3 Å². The van der Waals surface area contributed by atoms with Crippen LogP contribution >= 0.6 is 0 Å². The molecule has 1 fully saturated rings. The molecule has 0 amide bonds. The van der Waals surface area contributed by atoms with E-state index in [4.69, 9.17) is 10.9 Å². The first kappa shape index (κ1) is 12.4. The van der Waals surface area contributed by atoms with E-state index in [-0.39, 0.29) is 10.6 Å². The van der Waals surface area contributed by atoms with Crippen LogP contribution in [0.25, 0.3) is 0 Å². The first-order valence-electron chi connectivity index (χ1n) is 4.99. The van der Waals surface area contributed by atoms with Gasteiger partial charge in [0.15, 0.2) is 5.84 Å². The standard InChI is InChI=1S/C9H19N3O2S/c1-8(2,3)15(14)12-9(5-4-6-9)7(10)11-13/h12-13H,4-6H2,1-3H3,(H2,10,11). The van der Waals surface area contributed by atoms with Gasteiger partial charge in [-0.15, -0.1) is 0 Å². The molecule has 1 aliphatic rings. The molecule has 0 spiro atoms. The summed E-state index contributed by atoms with van der Waals surface area (Å²) in [5, 5.41) is 11.7. The molecule has 0 radical (unpaired) electrons. The Hall–Kier alpha value is -0.620. The van der Waals surface area contributed by atoms with E-state index in [1.54, 1.807) is 0 Å². The Morgan fingerprint density at radius 1 is 1.53 bits per heavy atom. The third kappa shape index (κ3) is 2.49. The highest BCUT2D eigenvalue weighted by atomic mass is 32.2. The zero-order valence-corrected chi connectivity index (χ0v) is 10.2. The van der Waals surface area contributed by atoms with Crippen LogP contribution < -0.4 is 10.5 Å². The molecule has 6 heteroatoms. The molecule has 0 heterocycles. The maximum atomic E-state index is 11.9. The Bertz CT molecular complexity index is 292. The summed E-state index contributed by atoms with van der Waals surface area (Å²) in [6, 6.07) is 0. The highest BCUT2D eigenvalue weighted by Gasteiger charge is 2.44. The van der Waals surface area contributed by atoms with Crippen LogP contribution in [0.5, 0.6) is 0 Å². The predicted molar refractivity (Wildman–Crippen MR) is 61.0 cm³/mol. The molecule has 15 heavy (non-hydrogen) atoms. The van der Waals surface area contributed by atoms with Crippen molar-refractivity contribution >= 4 is 16.8 Å². The predicted octanol–water partition coefficient (Wildman–Crippen LogP) is 0.707. The zero-order valence-electron chi connectivity index (χ0n) is 9.41. The molecular formula is C9H19N3O2S. The van der Waals surface area contributed by atoms with Crippen molar-refractivity contribution in [3.63, 3.8) is 0 Å². The van der Waals surface area contributed by atoms with Crippen LogP contribution in [-0.4, -0.2) is 25.5 Å². The van der Waals surface area contributed by atoms with E-state index in [9.17, 15) is 4.21 Å². The molecule has 1 aliphatic carbocycles. The lowest BCUT2D eigenvalue weighted by Crippen LogP contribution is -2.62. The van der Waals surface area contributed by atoms with Crippen LogP contribution in [0, 0.1) is 0 Å². The van der Waals surface area contributed by atoms with E-state index in [1.807, 2.05) is 20.8 Å². The lowest BCUT2D eigenvalue weighted by atomic mass is 9.77. The monoisotopic (exact) mass is 233 g/mol. The molecule has 1 unspecified atom stereocenters. The van der Waals surface area contributed by atoms with E-state index < -0.39 is 16.5 Å². The van der Waals surface area contributed by atoms with Crippen molar-refractivity contribution in [1.29, 1.82) is 0 Å². The fourth-order valence-corrected chi connectivity index (χ4v) is 2.34. The number of rotatable bonds is 3. The Morgan fingerprint density at radius 3 is 2.33 bits per heavy atom. The Balaban J connectivity index is 2.75. The summed E-state index contributed by atoms with van der Waals surface area (Å²) in [5.74, 6) is 0.131. The first-order chi connectivity index (χ1) is 6.82. The number of amidine groups is 1. The summed E-state index contributed by atoms with van der Waals surface area (Å²) in [5.41, 5.74) is 5.05. The van der Waals surface area contributed by atoms with Crippen LogP contribution in [0.2, 0.25) is 0 Å². The molecule has 88 valence electrons. The topological polar surface area (TPSA) is 87.7 Å². The Morgan fingerprint density at radius 2 is 2.07 bits per heavy atom. The van der Waals surface area contributed by atoms with E-state index in [1.165, 1.54) is 0 Å². The van der Waals surface area contributed by atoms with Crippen molar-refractivity contribution in [3.8, 4) is 0 Å². The molecule has 4 N–H and O–H groups in total. The van der Waals surface area contributed by atoms with Crippen molar-refractivity contribution in [3.05, 3.63) is 0 Å². The maximum absolute atomic E-state index is 11.9. The number of hydrogen-bond donors (Lipinski definition) is 3. The molecule has 0 bridgehead atoms. The smallest absolute Gasteiger partial charge is 0.160 e. The lowest BCUT2D eigenvalue weighted by molar-refractivity contribution is 0.276. The van der Waals surface area contributed by atoms with Gasteiger partial charge in [-0.25, -0.2) is 8.93 Å². The summed E-state index contributed by atoms with van der Waals surface area (Å²) >= 11 is 0. The van der Waals surface area contributed by atoms with Crippen LogP contribution in [0.4, 0.5) is 0 Å². The molecule has 1 saturated carbocycles. The number of nitrogens with two attached hydrogens (primary N) is 1. The molecular weight excluding hydrogens is 214 g/mol. The zero-order chi connectivity index (χ0) is 11.7. The van der Waals surface area contributed by atoms with Gasteiger partial charge in [0.25, 0.3) is 0 Å². The van der Waals surface area contributed by atoms with E-state index in [2.05, 4.69) is 9.88 Å². The highest BCUT2D eigenvalue weighted by Crippen LogP contribution is 2.33. The van der Waals surface area contributed by atoms with Crippen LogP contribution in [0.3, 0.4) is 0 Å². The number of oxime groups is 1. The van der Waals surface area contributed by atoms with Crippen molar-refractivity contribution in [2.24, 2.45) is 10.9 Å². The molecule has 5 nitrogen and oxygen atoms in total. The Labute approximate surface area is 92.7 Å². The third-order valence-corrected chi connectivity index (χ3v) is 4.34. The van der Waals surface area contributed by atoms with Gasteiger partial charge in [0, 0.05) is 0 Å². The molecule has 1 atom stereocenters. The second-order valence-corrected chi connectivity index (χ2v) is 6.87. The molecule has 0 aromatic heterocycles. The number of nitrogens with zero attached hydrogens (tertiary/aromatic N) is 1. The Kier molecular flexibility index (Phi) is 3.40. The van der Waals surface area contributed by atoms with Gasteiger partial charge in [0.1, 0.15) is 0 Å². The molecule has 0 aliphatic heterocycles. The largest absolute Gasteiger partial charge is 0.409 e. The van der Waals surface area contributed by atoms with Crippen molar-refractivity contribution in [2.75, 3.05) is 0 Å². The fraction of sp³-hybridized carbons (Fsp3) is 0.889. The van der Waals surface area contributed by atoms with Gasteiger partial charge in [-0.2, -0.15) is 0 Å². The SMILES string of the molecule is CC(C)(C)S(=O)NC1(/C(N)=N/O)CCC1. The van der Waals surface area contributed by atoms with Crippen molar-refractivity contribution < 1.29 is 9.42 Å². The second-order valence-electron chi connectivity index (χ2n) is 4.90. The van der Waals surface area contributed by atoms with Crippen LogP contribution in [-0.2, 0) is 11.0 Å². The normalized spacial score (nSPS) is 23.3. The molecule has 0 aromatic carbocycles. The van der Waals surface area contributed by atoms with Gasteiger partial charge >= 0.3 is 0 Å². The summed E-state index contributed by atoms with van der Waals surface area (Å²) in [6.45, 7) is 5.65. The number of nitrogens with one attached hydrogen (secondary N) is 1. The van der Waals surface area contributed by atoms with Gasteiger partial charge in [-0.1, -0.05) is 5.16 Å². The second kappa shape index (κ2) is 4.09. The van der Waals surface area contributed by atoms with E-state index >= 15 is 0 Å². The first-order valence-corrected chi connectivity index (χ1v) is 6.14. The summed E-state index contributed by atoms with van der Waals surface area (Å²) in [6.07, 6.45) is 2.54. The van der Waals surface area contributed by atoms with Crippen LogP contribution in [0.15, 0.2) is 5.16 Å². The van der Waals surface area contributed by atoms with Crippen molar-refractivity contribution in [1.82, 2.24) is 4.72 Å². The minimum absolute atomic E-state index is 0.131. The van der Waals surface area contributed by atoms with Gasteiger partial charge in [0.05, 0.1) is 21.3 Å². The lowest BCUT2D eigenvalue weighted by Gasteiger charge is -2.42. The molecule has 0 saturated heterocycles. The fourth-order valence-electron chi connectivity index (χ4n) is 1.37. The number of hydrogen-bond acceptors (Lipinski definition) is 3. The summed E-state index contributed by atoms with van der Waals surface area (Å²) in [7, 11) is -1.20. The maximum Gasteiger partial charge on any atom is 0.160 e. The third-order valence-electron chi connectivity index (χ3n) is 2.65. The average Bonchev–Trinajstić information content (AvgIpc) is 2.08. The highest BCUT2D eigenvalue weighted by molar-refractivity contribution is 7.84. The van der Waals surface area contributed by atoms with Gasteiger partial charge in [0.2, 0.25) is 0 Å². The van der Waals surface area contributed by atoms with Crippen molar-refractivity contribution in [2.45, 2.75) is 50.3 Å². The van der Waals surface area contributed by atoms with Gasteiger partial charge in [-0.05, 0) is 40.0 Å². The quantitative estimate of drug-likeness (QED) is 0.290. The van der Waals surface area contributed by atoms with E-state index in [0.29, 0.717) is 0 Å². The minimum atomic E-state index is -1.20. The van der Waals surface area contributed by atoms with Gasteiger partial charge in [-0.3, -0.25) is 0 Å². The molecule has 1 rings (SSSR count). The average molecular weight is 233 g/mol. The van der Waals surface area contributed by atoms with Gasteiger partial charge < -0.3 is 10.9 Å². The summed E-state index contributed by atoms with van der Waals surface area (Å²) in [4.78, 5) is 0. The molecule has 0 aromatic rings. The summed E-state index contributed by atoms with van der Waals surface area (Å²) < 4.78 is 14.5. The van der Waals surface area contributed by atoms with Crippen LogP contribution in [0.1, 0.15) is 40.0 Å².